The van der Waals surface area contributed by atoms with E-state index < -0.39 is 23.3 Å². The minimum atomic E-state index is -1.05. The highest BCUT2D eigenvalue weighted by Gasteiger charge is 2.32. The van der Waals surface area contributed by atoms with Crippen molar-refractivity contribution in [2.45, 2.75) is 26.8 Å². The van der Waals surface area contributed by atoms with Crippen molar-refractivity contribution in [3.8, 4) is 0 Å². The maximum absolute atomic E-state index is 11.8. The number of carbonyl (C=O) groups is 2. The molecule has 6 nitrogen and oxygen atoms in total. The van der Waals surface area contributed by atoms with E-state index in [1.54, 1.807) is 27.8 Å². The van der Waals surface area contributed by atoms with Gasteiger partial charge in [0.1, 0.15) is 6.04 Å². The zero-order valence-electron chi connectivity index (χ0n) is 10.4. The number of rotatable bonds is 3. The first-order chi connectivity index (χ1) is 7.71. The summed E-state index contributed by atoms with van der Waals surface area (Å²) in [7, 11) is 1.69. The summed E-state index contributed by atoms with van der Waals surface area (Å²) in [6.07, 6.45) is 2.94. The van der Waals surface area contributed by atoms with Gasteiger partial charge in [-0.25, -0.2) is 4.79 Å². The molecule has 0 saturated heterocycles. The number of aromatic nitrogens is 2. The van der Waals surface area contributed by atoms with Crippen molar-refractivity contribution in [3.63, 3.8) is 0 Å². The van der Waals surface area contributed by atoms with Crippen molar-refractivity contribution in [1.29, 1.82) is 0 Å². The van der Waals surface area contributed by atoms with Crippen LogP contribution in [0.25, 0.3) is 0 Å². The van der Waals surface area contributed by atoms with E-state index in [1.165, 1.54) is 17.1 Å². The van der Waals surface area contributed by atoms with Crippen LogP contribution in [0.2, 0.25) is 0 Å². The third kappa shape index (κ3) is 3.30. The lowest BCUT2D eigenvalue weighted by Crippen LogP contribution is -2.49. The standard InChI is InChI=1S/C11H17N3O3/c1-11(2,3)8(10(16)17)13-9(15)7-5-12-14(4)6-7/h5-6,8H,1-4H3,(H,13,15)(H,16,17)/t8-/m1/s1. The first-order valence-electron chi connectivity index (χ1n) is 5.24. The van der Waals surface area contributed by atoms with Crippen molar-refractivity contribution in [2.24, 2.45) is 12.5 Å². The second-order valence-electron chi connectivity index (χ2n) is 5.01. The van der Waals surface area contributed by atoms with E-state index in [-0.39, 0.29) is 0 Å². The van der Waals surface area contributed by atoms with Crippen LogP contribution in [0.4, 0.5) is 0 Å². The van der Waals surface area contributed by atoms with Crippen LogP contribution >= 0.6 is 0 Å². The Morgan fingerprint density at radius 3 is 2.41 bits per heavy atom. The Kier molecular flexibility index (Phi) is 3.55. The number of nitrogens with zero attached hydrogens (tertiary/aromatic N) is 2. The van der Waals surface area contributed by atoms with E-state index >= 15 is 0 Å². The summed E-state index contributed by atoms with van der Waals surface area (Å²) in [5.41, 5.74) is -0.202. The number of nitrogens with one attached hydrogen (secondary N) is 1. The van der Waals surface area contributed by atoms with Crippen LogP contribution in [0, 0.1) is 5.41 Å². The SMILES string of the molecule is Cn1cc(C(=O)N[C@H](C(=O)O)C(C)(C)C)cn1. The molecule has 0 aromatic carbocycles. The number of carbonyl (C=O) groups excluding carboxylic acids is 1. The molecule has 0 aliphatic carbocycles. The molecule has 0 aliphatic rings. The Hall–Kier alpha value is -1.85. The summed E-state index contributed by atoms with van der Waals surface area (Å²) in [4.78, 5) is 22.9. The molecule has 1 aromatic rings. The lowest BCUT2D eigenvalue weighted by atomic mass is 9.86. The first kappa shape index (κ1) is 13.2. The van der Waals surface area contributed by atoms with Crippen LogP contribution in [-0.4, -0.2) is 32.8 Å². The minimum absolute atomic E-state index is 0.350. The molecule has 0 spiro atoms. The molecule has 0 unspecified atom stereocenters. The first-order valence-corrected chi connectivity index (χ1v) is 5.24. The Balaban J connectivity index is 2.82. The van der Waals surface area contributed by atoms with Gasteiger partial charge in [0.15, 0.2) is 0 Å². The molecular weight excluding hydrogens is 222 g/mol. The second kappa shape index (κ2) is 4.57. The molecule has 1 atom stereocenters. The number of amides is 1. The van der Waals surface area contributed by atoms with Gasteiger partial charge in [-0.1, -0.05) is 20.8 Å². The average Bonchev–Trinajstić information content (AvgIpc) is 2.58. The summed E-state index contributed by atoms with van der Waals surface area (Å²) in [5.74, 6) is -1.48. The quantitative estimate of drug-likeness (QED) is 0.811. The molecule has 94 valence electrons. The van der Waals surface area contributed by atoms with Crippen LogP contribution in [-0.2, 0) is 11.8 Å². The summed E-state index contributed by atoms with van der Waals surface area (Å²) < 4.78 is 1.49. The van der Waals surface area contributed by atoms with Crippen LogP contribution in [0.5, 0.6) is 0 Å². The zero-order chi connectivity index (χ0) is 13.2. The fraction of sp³-hybridized carbons (Fsp3) is 0.545. The van der Waals surface area contributed by atoms with E-state index in [9.17, 15) is 9.59 Å². The van der Waals surface area contributed by atoms with Crippen molar-refractivity contribution in [1.82, 2.24) is 15.1 Å². The van der Waals surface area contributed by atoms with E-state index in [2.05, 4.69) is 10.4 Å². The van der Waals surface area contributed by atoms with Gasteiger partial charge < -0.3 is 10.4 Å². The molecule has 0 bridgehead atoms. The Morgan fingerprint density at radius 1 is 1.47 bits per heavy atom. The maximum atomic E-state index is 11.8. The number of carboxylic acids is 1. The topological polar surface area (TPSA) is 84.2 Å². The van der Waals surface area contributed by atoms with Gasteiger partial charge >= 0.3 is 5.97 Å². The molecule has 6 heteroatoms. The van der Waals surface area contributed by atoms with Crippen LogP contribution < -0.4 is 5.32 Å². The van der Waals surface area contributed by atoms with Crippen LogP contribution in [0.1, 0.15) is 31.1 Å². The normalized spacial score (nSPS) is 13.2. The van der Waals surface area contributed by atoms with Gasteiger partial charge in [0, 0.05) is 13.2 Å². The molecule has 1 heterocycles. The van der Waals surface area contributed by atoms with Gasteiger partial charge in [-0.15, -0.1) is 0 Å². The zero-order valence-corrected chi connectivity index (χ0v) is 10.4. The summed E-state index contributed by atoms with van der Waals surface area (Å²) in [5, 5.41) is 15.4. The molecular formula is C11H17N3O3. The van der Waals surface area contributed by atoms with E-state index in [0.717, 1.165) is 0 Å². The lowest BCUT2D eigenvalue weighted by Gasteiger charge is -2.27. The minimum Gasteiger partial charge on any atom is -0.480 e. The molecule has 0 radical (unpaired) electrons. The number of aryl methyl sites for hydroxylation is 1. The Labute approximate surface area is 99.6 Å². The maximum Gasteiger partial charge on any atom is 0.326 e. The monoisotopic (exact) mass is 239 g/mol. The van der Waals surface area contributed by atoms with Crippen LogP contribution in [0.3, 0.4) is 0 Å². The highest BCUT2D eigenvalue weighted by Crippen LogP contribution is 2.19. The third-order valence-corrected chi connectivity index (χ3v) is 2.36. The van der Waals surface area contributed by atoms with Gasteiger partial charge in [0.25, 0.3) is 5.91 Å². The Bertz CT molecular complexity index is 431. The summed E-state index contributed by atoms with van der Waals surface area (Å²) in [6.45, 7) is 5.28. The number of hydrogen-bond acceptors (Lipinski definition) is 3. The van der Waals surface area contributed by atoms with Gasteiger partial charge in [-0.3, -0.25) is 9.48 Å². The molecule has 1 amide bonds. The Morgan fingerprint density at radius 2 is 2.06 bits per heavy atom. The number of aliphatic carboxylic acids is 1. The van der Waals surface area contributed by atoms with Crippen molar-refractivity contribution >= 4 is 11.9 Å². The second-order valence-corrected chi connectivity index (χ2v) is 5.01. The third-order valence-electron chi connectivity index (χ3n) is 2.36. The van der Waals surface area contributed by atoms with Crippen LogP contribution in [0.15, 0.2) is 12.4 Å². The van der Waals surface area contributed by atoms with Gasteiger partial charge in [-0.2, -0.15) is 5.10 Å². The van der Waals surface area contributed by atoms with Gasteiger partial charge in [0.2, 0.25) is 0 Å². The molecule has 2 N–H and O–H groups in total. The van der Waals surface area contributed by atoms with Crippen molar-refractivity contribution < 1.29 is 14.7 Å². The van der Waals surface area contributed by atoms with E-state index in [0.29, 0.717) is 5.56 Å². The summed E-state index contributed by atoms with van der Waals surface area (Å²) in [6, 6.07) is -0.935. The van der Waals surface area contributed by atoms with Crippen molar-refractivity contribution in [2.75, 3.05) is 0 Å². The molecule has 1 rings (SSSR count). The van der Waals surface area contributed by atoms with E-state index in [4.69, 9.17) is 5.11 Å². The molecule has 0 saturated carbocycles. The lowest BCUT2D eigenvalue weighted by molar-refractivity contribution is -0.142. The highest BCUT2D eigenvalue weighted by molar-refractivity contribution is 5.96. The molecule has 1 aromatic heterocycles. The molecule has 17 heavy (non-hydrogen) atoms. The fourth-order valence-corrected chi connectivity index (χ4v) is 1.40. The van der Waals surface area contributed by atoms with Gasteiger partial charge in [0.05, 0.1) is 11.8 Å². The smallest absolute Gasteiger partial charge is 0.326 e. The van der Waals surface area contributed by atoms with E-state index in [1.807, 2.05) is 0 Å². The predicted octanol–water partition coefficient (Wildman–Crippen LogP) is 0.649. The number of carboxylic acid groups (broad SMARTS) is 1. The number of hydrogen-bond donors (Lipinski definition) is 2. The fourth-order valence-electron chi connectivity index (χ4n) is 1.40. The molecule has 0 aliphatic heterocycles. The predicted molar refractivity (Wildman–Crippen MR) is 61.6 cm³/mol. The highest BCUT2D eigenvalue weighted by atomic mass is 16.4. The largest absolute Gasteiger partial charge is 0.480 e. The molecule has 0 fully saturated rings. The van der Waals surface area contributed by atoms with Gasteiger partial charge in [-0.05, 0) is 5.41 Å². The van der Waals surface area contributed by atoms with Crippen molar-refractivity contribution in [3.05, 3.63) is 18.0 Å². The summed E-state index contributed by atoms with van der Waals surface area (Å²) >= 11 is 0. The average molecular weight is 239 g/mol.